The summed E-state index contributed by atoms with van der Waals surface area (Å²) in [4.78, 5) is 6.51. The fraction of sp³-hybridized carbons (Fsp3) is 0.300. The van der Waals surface area contributed by atoms with Crippen LogP contribution in [0.1, 0.15) is 16.7 Å². The molecular formula is C20H23N5. The highest BCUT2D eigenvalue weighted by Crippen LogP contribution is 2.17. The minimum atomic E-state index is 0.891. The second-order valence-corrected chi connectivity index (χ2v) is 6.48. The van der Waals surface area contributed by atoms with Crippen LogP contribution in [0.4, 0.5) is 0 Å². The zero-order valence-corrected chi connectivity index (χ0v) is 14.3. The molecule has 0 aliphatic carbocycles. The first kappa shape index (κ1) is 16.0. The van der Waals surface area contributed by atoms with Crippen LogP contribution in [0.3, 0.4) is 0 Å². The zero-order chi connectivity index (χ0) is 16.9. The van der Waals surface area contributed by atoms with E-state index in [2.05, 4.69) is 68.8 Å². The van der Waals surface area contributed by atoms with Crippen molar-refractivity contribution >= 4 is 0 Å². The van der Waals surface area contributed by atoms with E-state index in [1.165, 1.54) is 23.1 Å². The van der Waals surface area contributed by atoms with Gasteiger partial charge < -0.3 is 5.32 Å². The molecule has 0 atom stereocenters. The van der Waals surface area contributed by atoms with Crippen LogP contribution in [0.5, 0.6) is 0 Å². The Kier molecular flexibility index (Phi) is 4.86. The lowest BCUT2D eigenvalue weighted by atomic mass is 10.00. The smallest absolute Gasteiger partial charge is 0.138 e. The van der Waals surface area contributed by atoms with E-state index in [-0.39, 0.29) is 0 Å². The van der Waals surface area contributed by atoms with Crippen molar-refractivity contribution in [1.29, 1.82) is 0 Å². The third kappa shape index (κ3) is 3.95. The van der Waals surface area contributed by atoms with Crippen LogP contribution in [-0.4, -0.2) is 39.3 Å². The van der Waals surface area contributed by atoms with Gasteiger partial charge in [0.1, 0.15) is 12.7 Å². The highest BCUT2D eigenvalue weighted by Gasteiger charge is 2.14. The van der Waals surface area contributed by atoms with Gasteiger partial charge in [0.05, 0.1) is 5.69 Å². The van der Waals surface area contributed by atoms with E-state index in [9.17, 15) is 0 Å². The van der Waals surface area contributed by atoms with Crippen molar-refractivity contribution in [3.05, 3.63) is 77.9 Å². The Morgan fingerprint density at radius 1 is 1.00 bits per heavy atom. The zero-order valence-electron chi connectivity index (χ0n) is 14.3. The molecule has 0 radical (unpaired) electrons. The number of nitrogens with zero attached hydrogens (tertiary/aromatic N) is 4. The molecule has 1 aliphatic heterocycles. The summed E-state index contributed by atoms with van der Waals surface area (Å²) in [6, 6.07) is 17.2. The van der Waals surface area contributed by atoms with Crippen molar-refractivity contribution < 1.29 is 0 Å². The summed E-state index contributed by atoms with van der Waals surface area (Å²) in [5, 5.41) is 7.69. The third-order valence-electron chi connectivity index (χ3n) is 4.76. The van der Waals surface area contributed by atoms with Crippen molar-refractivity contribution in [2.45, 2.75) is 19.5 Å². The second kappa shape index (κ2) is 7.59. The van der Waals surface area contributed by atoms with E-state index in [0.717, 1.165) is 38.4 Å². The van der Waals surface area contributed by atoms with Gasteiger partial charge in [0.25, 0.3) is 0 Å². The van der Waals surface area contributed by atoms with E-state index < -0.39 is 0 Å². The molecule has 4 rings (SSSR count). The van der Waals surface area contributed by atoms with Crippen LogP contribution in [-0.2, 0) is 19.5 Å². The molecule has 0 spiro atoms. The first-order chi connectivity index (χ1) is 12.4. The summed E-state index contributed by atoms with van der Waals surface area (Å²) in [7, 11) is 0. The van der Waals surface area contributed by atoms with Gasteiger partial charge >= 0.3 is 0 Å². The maximum Gasteiger partial charge on any atom is 0.138 e. The molecule has 1 N–H and O–H groups in total. The molecule has 2 heterocycles. The van der Waals surface area contributed by atoms with Crippen molar-refractivity contribution in [3.8, 4) is 5.69 Å². The number of fused-ring (bicyclic) bond motifs is 1. The van der Waals surface area contributed by atoms with Crippen LogP contribution in [0.2, 0.25) is 0 Å². The molecule has 25 heavy (non-hydrogen) atoms. The summed E-state index contributed by atoms with van der Waals surface area (Å²) >= 11 is 0. The van der Waals surface area contributed by atoms with Crippen LogP contribution >= 0.6 is 0 Å². The molecule has 1 aliphatic rings. The fourth-order valence-electron chi connectivity index (χ4n) is 3.32. The number of aromatic nitrogens is 3. The number of benzene rings is 2. The van der Waals surface area contributed by atoms with Gasteiger partial charge in [-0.05, 0) is 35.2 Å². The van der Waals surface area contributed by atoms with Gasteiger partial charge in [-0.25, -0.2) is 9.67 Å². The van der Waals surface area contributed by atoms with Crippen molar-refractivity contribution in [1.82, 2.24) is 25.0 Å². The molecule has 2 aromatic carbocycles. The predicted octanol–water partition coefficient (Wildman–Crippen LogP) is 2.42. The largest absolute Gasteiger partial charge is 0.311 e. The van der Waals surface area contributed by atoms with E-state index in [0.29, 0.717) is 0 Å². The first-order valence-corrected chi connectivity index (χ1v) is 8.82. The second-order valence-electron chi connectivity index (χ2n) is 6.48. The molecule has 0 unspecified atom stereocenters. The maximum absolute atomic E-state index is 4.14. The molecule has 0 saturated carbocycles. The molecule has 0 fully saturated rings. The minimum absolute atomic E-state index is 0.891. The van der Waals surface area contributed by atoms with E-state index in [1.807, 2.05) is 0 Å². The van der Waals surface area contributed by atoms with Gasteiger partial charge in [-0.1, -0.05) is 36.4 Å². The summed E-state index contributed by atoms with van der Waals surface area (Å²) < 4.78 is 1.77. The molecule has 0 amide bonds. The van der Waals surface area contributed by atoms with Gasteiger partial charge in [-0.3, -0.25) is 4.90 Å². The molecule has 128 valence electrons. The van der Waals surface area contributed by atoms with Crippen LogP contribution in [0.15, 0.2) is 61.2 Å². The molecule has 0 bridgehead atoms. The minimum Gasteiger partial charge on any atom is -0.311 e. The number of rotatable bonds is 6. The molecule has 3 aromatic rings. The summed E-state index contributed by atoms with van der Waals surface area (Å²) in [5.74, 6) is 0. The standard InChI is InChI=1S/C20H23N5/c1-2-4-19-14-24(11-9-18(19)3-1)12-10-21-13-17-5-7-20(8-6-17)25-16-22-15-23-25/h1-8,15-16,21H,9-14H2. The first-order valence-electron chi connectivity index (χ1n) is 8.82. The monoisotopic (exact) mass is 333 g/mol. The van der Waals surface area contributed by atoms with Crippen molar-refractivity contribution in [2.75, 3.05) is 19.6 Å². The summed E-state index contributed by atoms with van der Waals surface area (Å²) in [5.41, 5.74) is 5.32. The van der Waals surface area contributed by atoms with Gasteiger partial charge in [-0.2, -0.15) is 5.10 Å². The average Bonchev–Trinajstić information content (AvgIpc) is 3.20. The average molecular weight is 333 g/mol. The Morgan fingerprint density at radius 2 is 1.84 bits per heavy atom. The Bertz CT molecular complexity index is 795. The normalized spacial score (nSPS) is 14.4. The number of nitrogens with one attached hydrogen (secondary N) is 1. The van der Waals surface area contributed by atoms with Crippen molar-refractivity contribution in [3.63, 3.8) is 0 Å². The van der Waals surface area contributed by atoms with Gasteiger partial charge in [-0.15, -0.1) is 0 Å². The lowest BCUT2D eigenvalue weighted by Crippen LogP contribution is -2.35. The Balaban J connectivity index is 1.22. The fourth-order valence-corrected chi connectivity index (χ4v) is 3.32. The third-order valence-corrected chi connectivity index (χ3v) is 4.76. The van der Waals surface area contributed by atoms with Gasteiger partial charge in [0.2, 0.25) is 0 Å². The van der Waals surface area contributed by atoms with Gasteiger partial charge in [0.15, 0.2) is 0 Å². The lowest BCUT2D eigenvalue weighted by molar-refractivity contribution is 0.254. The quantitative estimate of drug-likeness (QED) is 0.704. The van der Waals surface area contributed by atoms with Crippen LogP contribution < -0.4 is 5.32 Å². The Morgan fingerprint density at radius 3 is 2.64 bits per heavy atom. The van der Waals surface area contributed by atoms with E-state index in [4.69, 9.17) is 0 Å². The van der Waals surface area contributed by atoms with Crippen LogP contribution in [0.25, 0.3) is 5.69 Å². The predicted molar refractivity (Wildman–Crippen MR) is 98.5 cm³/mol. The molecule has 0 saturated heterocycles. The molecule has 5 heteroatoms. The van der Waals surface area contributed by atoms with Crippen molar-refractivity contribution in [2.24, 2.45) is 0 Å². The topological polar surface area (TPSA) is 46.0 Å². The van der Waals surface area contributed by atoms with E-state index in [1.54, 1.807) is 17.3 Å². The Hall–Kier alpha value is -2.50. The Labute approximate surface area is 148 Å². The highest BCUT2D eigenvalue weighted by molar-refractivity contribution is 5.33. The molecule has 5 nitrogen and oxygen atoms in total. The summed E-state index contributed by atoms with van der Waals surface area (Å²) in [6.07, 6.45) is 4.43. The van der Waals surface area contributed by atoms with Gasteiger partial charge in [0, 0.05) is 32.7 Å². The molecule has 1 aromatic heterocycles. The SMILES string of the molecule is c1ccc2c(c1)CCN(CCNCc1ccc(-n3cncn3)cc1)C2. The summed E-state index contributed by atoms with van der Waals surface area (Å²) in [6.45, 7) is 5.22. The maximum atomic E-state index is 4.14. The van der Waals surface area contributed by atoms with E-state index >= 15 is 0 Å². The lowest BCUT2D eigenvalue weighted by Gasteiger charge is -2.28. The molecular weight excluding hydrogens is 310 g/mol. The number of hydrogen-bond donors (Lipinski definition) is 1. The number of hydrogen-bond acceptors (Lipinski definition) is 4. The highest BCUT2D eigenvalue weighted by atomic mass is 15.3. The van der Waals surface area contributed by atoms with Crippen LogP contribution in [0, 0.1) is 0 Å².